The highest BCUT2D eigenvalue weighted by Crippen LogP contribution is 2.29. The SMILES string of the molecule is COCCN(Cc1ccco1)C(=O)c1oc2ccc(OC)cc2c1C. The Labute approximate surface area is 145 Å². The first-order valence-electron chi connectivity index (χ1n) is 8.01. The van der Waals surface area contributed by atoms with Crippen molar-refractivity contribution in [1.29, 1.82) is 0 Å². The van der Waals surface area contributed by atoms with Gasteiger partial charge < -0.3 is 23.2 Å². The lowest BCUT2D eigenvalue weighted by Crippen LogP contribution is -2.33. The first-order chi connectivity index (χ1) is 12.1. The molecular formula is C19H21NO5. The molecule has 0 unspecified atom stereocenters. The van der Waals surface area contributed by atoms with Gasteiger partial charge in [-0.15, -0.1) is 0 Å². The minimum absolute atomic E-state index is 0.193. The van der Waals surface area contributed by atoms with Crippen LogP contribution in [-0.2, 0) is 11.3 Å². The van der Waals surface area contributed by atoms with Crippen LogP contribution in [0.3, 0.4) is 0 Å². The van der Waals surface area contributed by atoms with Crippen molar-refractivity contribution >= 4 is 16.9 Å². The van der Waals surface area contributed by atoms with E-state index < -0.39 is 0 Å². The van der Waals surface area contributed by atoms with Crippen molar-refractivity contribution in [3.05, 3.63) is 53.7 Å². The zero-order valence-electron chi connectivity index (χ0n) is 14.6. The third-order valence-electron chi connectivity index (χ3n) is 4.12. The van der Waals surface area contributed by atoms with Crippen molar-refractivity contribution in [1.82, 2.24) is 4.90 Å². The number of furan rings is 2. The van der Waals surface area contributed by atoms with E-state index in [0.29, 0.717) is 36.8 Å². The maximum Gasteiger partial charge on any atom is 0.290 e. The quantitative estimate of drug-likeness (QED) is 0.655. The molecule has 2 aromatic heterocycles. The van der Waals surface area contributed by atoms with Crippen LogP contribution in [0.5, 0.6) is 5.75 Å². The second-order valence-electron chi connectivity index (χ2n) is 5.72. The Balaban J connectivity index is 1.92. The molecule has 2 heterocycles. The molecule has 0 saturated carbocycles. The van der Waals surface area contributed by atoms with E-state index in [1.54, 1.807) is 31.4 Å². The summed E-state index contributed by atoms with van der Waals surface area (Å²) in [4.78, 5) is 14.7. The molecule has 3 aromatic rings. The highest BCUT2D eigenvalue weighted by Gasteiger charge is 2.24. The van der Waals surface area contributed by atoms with Gasteiger partial charge in [-0.3, -0.25) is 4.79 Å². The lowest BCUT2D eigenvalue weighted by atomic mass is 10.1. The van der Waals surface area contributed by atoms with Crippen LogP contribution in [0.1, 0.15) is 21.9 Å². The number of carbonyl (C=O) groups excluding carboxylic acids is 1. The third kappa shape index (κ3) is 3.53. The Kier molecular flexibility index (Phi) is 5.09. The highest BCUT2D eigenvalue weighted by molar-refractivity contribution is 5.99. The third-order valence-corrected chi connectivity index (χ3v) is 4.12. The molecule has 0 saturated heterocycles. The van der Waals surface area contributed by atoms with Crippen molar-refractivity contribution < 1.29 is 23.1 Å². The van der Waals surface area contributed by atoms with Crippen LogP contribution in [0, 0.1) is 6.92 Å². The zero-order chi connectivity index (χ0) is 17.8. The predicted octanol–water partition coefficient (Wildman–Crippen LogP) is 3.63. The van der Waals surface area contributed by atoms with Gasteiger partial charge in [-0.05, 0) is 37.3 Å². The highest BCUT2D eigenvalue weighted by atomic mass is 16.5. The summed E-state index contributed by atoms with van der Waals surface area (Å²) in [5.41, 5.74) is 1.45. The van der Waals surface area contributed by atoms with Gasteiger partial charge in [-0.1, -0.05) is 0 Å². The Bertz CT molecular complexity index is 850. The van der Waals surface area contributed by atoms with Gasteiger partial charge in [0.05, 0.1) is 26.5 Å². The summed E-state index contributed by atoms with van der Waals surface area (Å²) in [5, 5.41) is 0.868. The minimum Gasteiger partial charge on any atom is -0.497 e. The second kappa shape index (κ2) is 7.44. The number of nitrogens with zero attached hydrogens (tertiary/aromatic N) is 1. The molecule has 6 nitrogen and oxygen atoms in total. The summed E-state index contributed by atoms with van der Waals surface area (Å²) < 4.78 is 21.6. The molecule has 0 fully saturated rings. The number of aryl methyl sites for hydroxylation is 1. The van der Waals surface area contributed by atoms with Crippen LogP contribution < -0.4 is 4.74 Å². The molecule has 0 aliphatic carbocycles. The van der Waals surface area contributed by atoms with Crippen LogP contribution in [0.4, 0.5) is 0 Å². The van der Waals surface area contributed by atoms with Crippen LogP contribution >= 0.6 is 0 Å². The first-order valence-corrected chi connectivity index (χ1v) is 8.01. The molecule has 25 heavy (non-hydrogen) atoms. The number of benzene rings is 1. The fraction of sp³-hybridized carbons (Fsp3) is 0.316. The fourth-order valence-corrected chi connectivity index (χ4v) is 2.72. The zero-order valence-corrected chi connectivity index (χ0v) is 14.6. The molecule has 0 aliphatic rings. The van der Waals surface area contributed by atoms with Crippen molar-refractivity contribution in [2.75, 3.05) is 27.4 Å². The van der Waals surface area contributed by atoms with Crippen molar-refractivity contribution in [2.24, 2.45) is 0 Å². The van der Waals surface area contributed by atoms with Crippen molar-refractivity contribution in [3.63, 3.8) is 0 Å². The largest absolute Gasteiger partial charge is 0.497 e. The number of methoxy groups -OCH3 is 2. The summed E-state index contributed by atoms with van der Waals surface area (Å²) in [6.07, 6.45) is 1.59. The molecule has 0 bridgehead atoms. The minimum atomic E-state index is -0.193. The summed E-state index contributed by atoms with van der Waals surface area (Å²) in [6.45, 7) is 3.10. The lowest BCUT2D eigenvalue weighted by Gasteiger charge is -2.20. The van der Waals surface area contributed by atoms with Crippen LogP contribution in [0.2, 0.25) is 0 Å². The topological polar surface area (TPSA) is 65.0 Å². The second-order valence-corrected chi connectivity index (χ2v) is 5.72. The van der Waals surface area contributed by atoms with Gasteiger partial charge in [0.25, 0.3) is 5.91 Å². The number of carbonyl (C=O) groups is 1. The summed E-state index contributed by atoms with van der Waals surface area (Å²) in [5.74, 6) is 1.56. The van der Waals surface area contributed by atoms with Gasteiger partial charge in [0.2, 0.25) is 0 Å². The molecule has 1 amide bonds. The molecule has 3 rings (SSSR count). The molecule has 132 valence electrons. The fourth-order valence-electron chi connectivity index (χ4n) is 2.72. The molecular weight excluding hydrogens is 322 g/mol. The molecule has 6 heteroatoms. The molecule has 0 atom stereocenters. The van der Waals surface area contributed by atoms with E-state index in [-0.39, 0.29) is 5.91 Å². The van der Waals surface area contributed by atoms with Gasteiger partial charge in [-0.25, -0.2) is 0 Å². The average molecular weight is 343 g/mol. The van der Waals surface area contributed by atoms with Crippen LogP contribution in [0.15, 0.2) is 45.4 Å². The standard InChI is InChI=1S/C19H21NO5/c1-13-16-11-14(23-3)6-7-17(16)25-18(13)19(21)20(8-10-22-2)12-15-5-4-9-24-15/h4-7,9,11H,8,10,12H2,1-3H3. The smallest absolute Gasteiger partial charge is 0.290 e. The van der Waals surface area contributed by atoms with Crippen molar-refractivity contribution in [3.8, 4) is 5.75 Å². The Morgan fingerprint density at radius 2 is 2.08 bits per heavy atom. The van der Waals surface area contributed by atoms with Gasteiger partial charge in [-0.2, -0.15) is 0 Å². The summed E-state index contributed by atoms with van der Waals surface area (Å²) >= 11 is 0. The molecule has 0 spiro atoms. The van der Waals surface area contributed by atoms with E-state index in [1.165, 1.54) is 0 Å². The average Bonchev–Trinajstić information content (AvgIpc) is 3.25. The van der Waals surface area contributed by atoms with Crippen molar-refractivity contribution in [2.45, 2.75) is 13.5 Å². The monoisotopic (exact) mass is 343 g/mol. The van der Waals surface area contributed by atoms with E-state index >= 15 is 0 Å². The number of amides is 1. The molecule has 0 N–H and O–H groups in total. The number of ether oxygens (including phenoxy) is 2. The number of fused-ring (bicyclic) bond motifs is 1. The maximum absolute atomic E-state index is 13.0. The Morgan fingerprint density at radius 1 is 1.24 bits per heavy atom. The van der Waals surface area contributed by atoms with E-state index in [2.05, 4.69) is 0 Å². The maximum atomic E-state index is 13.0. The Hall–Kier alpha value is -2.73. The van der Waals surface area contributed by atoms with Crippen LogP contribution in [-0.4, -0.2) is 38.2 Å². The van der Waals surface area contributed by atoms with Gasteiger partial charge in [0, 0.05) is 24.6 Å². The number of rotatable bonds is 7. The number of hydrogen-bond donors (Lipinski definition) is 0. The molecule has 0 radical (unpaired) electrons. The first kappa shape index (κ1) is 17.1. The summed E-state index contributed by atoms with van der Waals surface area (Å²) in [7, 11) is 3.22. The normalized spacial score (nSPS) is 11.0. The van der Waals surface area contributed by atoms with Crippen LogP contribution in [0.25, 0.3) is 11.0 Å². The predicted molar refractivity (Wildman–Crippen MR) is 92.8 cm³/mol. The molecule has 1 aromatic carbocycles. The van der Waals surface area contributed by atoms with Gasteiger partial charge in [0.1, 0.15) is 17.1 Å². The van der Waals surface area contributed by atoms with E-state index in [0.717, 1.165) is 16.7 Å². The number of hydrogen-bond acceptors (Lipinski definition) is 5. The van der Waals surface area contributed by atoms with E-state index in [1.807, 2.05) is 31.2 Å². The molecule has 0 aliphatic heterocycles. The van der Waals surface area contributed by atoms with E-state index in [4.69, 9.17) is 18.3 Å². The van der Waals surface area contributed by atoms with Gasteiger partial charge >= 0.3 is 0 Å². The summed E-state index contributed by atoms with van der Waals surface area (Å²) in [6, 6.07) is 9.13. The Morgan fingerprint density at radius 3 is 2.76 bits per heavy atom. The lowest BCUT2D eigenvalue weighted by molar-refractivity contribution is 0.0637. The van der Waals surface area contributed by atoms with Gasteiger partial charge in [0.15, 0.2) is 5.76 Å². The van der Waals surface area contributed by atoms with E-state index in [9.17, 15) is 4.79 Å².